The van der Waals surface area contributed by atoms with Crippen molar-refractivity contribution in [2.45, 2.75) is 42.1 Å². The summed E-state index contributed by atoms with van der Waals surface area (Å²) in [6, 6.07) is 17.7. The van der Waals surface area contributed by atoms with E-state index >= 15 is 0 Å². The van der Waals surface area contributed by atoms with Crippen molar-refractivity contribution >= 4 is 71.8 Å². The Labute approximate surface area is 228 Å². The number of carboxylic acids is 1. The van der Waals surface area contributed by atoms with Crippen molar-refractivity contribution in [3.63, 3.8) is 0 Å². The van der Waals surface area contributed by atoms with Crippen LogP contribution in [0.25, 0.3) is 23.1 Å². The summed E-state index contributed by atoms with van der Waals surface area (Å²) in [6.45, 7) is 0. The topological polar surface area (TPSA) is 70.5 Å². The van der Waals surface area contributed by atoms with Gasteiger partial charge < -0.3 is 10.0 Å². The lowest BCUT2D eigenvalue weighted by Crippen LogP contribution is -2.27. The van der Waals surface area contributed by atoms with Crippen molar-refractivity contribution in [3.05, 3.63) is 76.4 Å². The van der Waals surface area contributed by atoms with E-state index in [0.29, 0.717) is 24.3 Å². The van der Waals surface area contributed by atoms with Gasteiger partial charge >= 0.3 is 5.97 Å². The molecule has 36 heavy (non-hydrogen) atoms. The predicted molar refractivity (Wildman–Crippen MR) is 155 cm³/mol. The molecule has 0 saturated carbocycles. The lowest BCUT2D eigenvalue weighted by atomic mass is 9.87. The number of aliphatic carboxylic acids is 1. The van der Waals surface area contributed by atoms with Crippen LogP contribution in [0.2, 0.25) is 5.02 Å². The van der Waals surface area contributed by atoms with Crippen LogP contribution >= 0.6 is 36.9 Å². The molecule has 1 amide bonds. The van der Waals surface area contributed by atoms with E-state index in [4.69, 9.17) is 42.0 Å². The third-order valence-electron chi connectivity index (χ3n) is 6.05. The average molecular weight is 543 g/mol. The zero-order valence-corrected chi connectivity index (χ0v) is 22.9. The Kier molecular flexibility index (Phi) is 10.3. The van der Waals surface area contributed by atoms with Gasteiger partial charge in [0.1, 0.15) is 0 Å². The van der Waals surface area contributed by atoms with Crippen molar-refractivity contribution in [2.75, 3.05) is 14.1 Å². The number of carbonyl (C=O) groups is 2. The van der Waals surface area contributed by atoms with Gasteiger partial charge in [-0.2, -0.15) is 25.3 Å². The van der Waals surface area contributed by atoms with E-state index in [1.54, 1.807) is 19.0 Å². The summed E-state index contributed by atoms with van der Waals surface area (Å²) in [7, 11) is 3.47. The molecule has 0 radical (unpaired) electrons. The average Bonchev–Trinajstić information content (AvgIpc) is 2.84. The monoisotopic (exact) mass is 542 g/mol. The van der Waals surface area contributed by atoms with Gasteiger partial charge in [-0.3, -0.25) is 9.59 Å². The zero-order chi connectivity index (χ0) is 26.2. The number of amides is 1. The summed E-state index contributed by atoms with van der Waals surface area (Å²) in [6.07, 6.45) is 5.31. The number of rotatable bonds is 11. The van der Waals surface area contributed by atoms with Gasteiger partial charge in [-0.15, -0.1) is 0 Å². The Hall–Kier alpha value is -2.48. The van der Waals surface area contributed by atoms with Crippen LogP contribution in [0.5, 0.6) is 0 Å². The number of carboxylic acid groups (broad SMARTS) is 1. The van der Waals surface area contributed by atoms with Gasteiger partial charge in [0.2, 0.25) is 5.91 Å². The summed E-state index contributed by atoms with van der Waals surface area (Å²) < 4.78 is 0. The van der Waals surface area contributed by atoms with E-state index in [2.05, 4.69) is 11.1 Å². The Balaban J connectivity index is 1.84. The third-order valence-corrected chi connectivity index (χ3v) is 7.45. The van der Waals surface area contributed by atoms with Crippen molar-refractivity contribution in [3.8, 4) is 0 Å². The van der Waals surface area contributed by atoms with Crippen molar-refractivity contribution < 1.29 is 14.7 Å². The summed E-state index contributed by atoms with van der Waals surface area (Å²) in [4.78, 5) is 29.6. The summed E-state index contributed by atoms with van der Waals surface area (Å²) in [5, 5.41) is 10.5. The van der Waals surface area contributed by atoms with Crippen LogP contribution < -0.4 is 0 Å². The molecule has 8 heteroatoms. The number of pyridine rings is 1. The molecule has 0 aliphatic rings. The van der Waals surface area contributed by atoms with Crippen LogP contribution in [-0.4, -0.2) is 51.5 Å². The largest absolute Gasteiger partial charge is 0.481 e. The van der Waals surface area contributed by atoms with Crippen molar-refractivity contribution in [1.82, 2.24) is 9.88 Å². The van der Waals surface area contributed by atoms with Crippen LogP contribution in [0.4, 0.5) is 0 Å². The fourth-order valence-corrected chi connectivity index (χ4v) is 5.40. The molecule has 2 aromatic carbocycles. The molecule has 1 N–H and O–H groups in total. The molecule has 0 aliphatic carbocycles. The Morgan fingerprint density at radius 2 is 1.69 bits per heavy atom. The molecule has 5 nitrogen and oxygen atoms in total. The lowest BCUT2D eigenvalue weighted by molar-refractivity contribution is -0.137. The minimum Gasteiger partial charge on any atom is -0.481 e. The number of aromatic nitrogens is 1. The van der Waals surface area contributed by atoms with E-state index in [9.17, 15) is 9.59 Å². The first-order valence-corrected chi connectivity index (χ1v) is 13.2. The van der Waals surface area contributed by atoms with Crippen molar-refractivity contribution in [2.24, 2.45) is 0 Å². The van der Waals surface area contributed by atoms with Crippen molar-refractivity contribution in [1.29, 1.82) is 0 Å². The van der Waals surface area contributed by atoms with Crippen LogP contribution in [0.15, 0.2) is 54.6 Å². The van der Waals surface area contributed by atoms with E-state index in [-0.39, 0.29) is 28.7 Å². The molecule has 0 spiro atoms. The van der Waals surface area contributed by atoms with Crippen LogP contribution in [0, 0.1) is 0 Å². The number of carbonyl (C=O) groups excluding carboxylic acids is 1. The van der Waals surface area contributed by atoms with Crippen LogP contribution in [0.3, 0.4) is 0 Å². The normalized spacial score (nSPS) is 14.0. The second-order valence-electron chi connectivity index (χ2n) is 9.00. The molecule has 3 aromatic rings. The maximum Gasteiger partial charge on any atom is 0.303 e. The highest BCUT2D eigenvalue weighted by Gasteiger charge is 2.28. The first kappa shape index (κ1) is 28.1. The molecule has 190 valence electrons. The standard InChI is InChI=1S/C28H31ClN2O3S2/c1-31(2)26(32)14-12-24(35)28(25(36)13-15-27(33)34)20-5-3-4-18(16-20)6-10-22-11-8-19-7-9-21(29)17-23(19)30-22/h3-11,16-17,24-25,28,35-36H,12-15H2,1-2H3,(H,33,34). The SMILES string of the molecule is CN(C)C(=O)CCC(S)C(c1cccc(C=Cc2ccc3ccc(Cl)cc3n2)c1)C(S)CCC(=O)O. The van der Waals surface area contributed by atoms with Gasteiger partial charge in [0.05, 0.1) is 11.2 Å². The van der Waals surface area contributed by atoms with Crippen LogP contribution in [-0.2, 0) is 9.59 Å². The Bertz CT molecular complexity index is 1250. The van der Waals surface area contributed by atoms with E-state index < -0.39 is 5.97 Å². The van der Waals surface area contributed by atoms with Gasteiger partial charge in [-0.1, -0.05) is 54.1 Å². The molecular formula is C28H31ClN2O3S2. The molecule has 1 heterocycles. The number of benzene rings is 2. The smallest absolute Gasteiger partial charge is 0.303 e. The maximum atomic E-state index is 12.1. The number of fused-ring (bicyclic) bond motifs is 1. The zero-order valence-electron chi connectivity index (χ0n) is 20.3. The van der Waals surface area contributed by atoms with E-state index in [1.165, 1.54) is 0 Å². The molecule has 0 aliphatic heterocycles. The van der Waals surface area contributed by atoms with Gasteiger partial charge in [-0.25, -0.2) is 4.98 Å². The summed E-state index contributed by atoms with van der Waals surface area (Å²) >= 11 is 15.7. The molecule has 3 unspecified atom stereocenters. The number of thiol groups is 2. The Morgan fingerprint density at radius 1 is 1.00 bits per heavy atom. The minimum atomic E-state index is -0.854. The summed E-state index contributed by atoms with van der Waals surface area (Å²) in [5.41, 5.74) is 3.64. The van der Waals surface area contributed by atoms with Gasteiger partial charge in [-0.05, 0) is 48.2 Å². The third kappa shape index (κ3) is 8.02. The fraction of sp³-hybridized carbons (Fsp3) is 0.321. The molecule has 1 aromatic heterocycles. The highest BCUT2D eigenvalue weighted by Crippen LogP contribution is 2.35. The quantitative estimate of drug-likeness (QED) is 0.243. The minimum absolute atomic E-state index is 0.0268. The molecule has 0 saturated heterocycles. The predicted octanol–water partition coefficient (Wildman–Crippen LogP) is 6.47. The number of halogens is 1. The molecule has 0 bridgehead atoms. The van der Waals surface area contributed by atoms with Gasteiger partial charge in [0.25, 0.3) is 0 Å². The number of nitrogens with zero attached hydrogens (tertiary/aromatic N) is 2. The van der Waals surface area contributed by atoms with E-state index in [0.717, 1.165) is 27.7 Å². The molecule has 0 fully saturated rings. The first-order valence-electron chi connectivity index (χ1n) is 11.8. The van der Waals surface area contributed by atoms with Crippen LogP contribution in [0.1, 0.15) is 48.4 Å². The lowest BCUT2D eigenvalue weighted by Gasteiger charge is -2.29. The van der Waals surface area contributed by atoms with Gasteiger partial charge in [0.15, 0.2) is 0 Å². The number of hydrogen-bond acceptors (Lipinski definition) is 5. The second kappa shape index (κ2) is 13.2. The molecular weight excluding hydrogens is 512 g/mol. The second-order valence-corrected chi connectivity index (χ2v) is 10.8. The maximum absolute atomic E-state index is 12.1. The first-order chi connectivity index (χ1) is 17.1. The highest BCUT2D eigenvalue weighted by molar-refractivity contribution is 7.82. The summed E-state index contributed by atoms with van der Waals surface area (Å²) in [5.74, 6) is -0.942. The van der Waals surface area contributed by atoms with Gasteiger partial charge in [0, 0.05) is 53.8 Å². The number of hydrogen-bond donors (Lipinski definition) is 3. The Morgan fingerprint density at radius 3 is 2.39 bits per heavy atom. The highest BCUT2D eigenvalue weighted by atomic mass is 35.5. The fourth-order valence-electron chi connectivity index (χ4n) is 4.08. The van der Waals surface area contributed by atoms with E-state index in [1.807, 2.05) is 60.7 Å². The molecule has 3 rings (SSSR count). The molecule has 3 atom stereocenters.